The molecule has 0 atom stereocenters. The van der Waals surface area contributed by atoms with E-state index in [9.17, 15) is 0 Å². The number of hydrogen-bond donors (Lipinski definition) is 2. The molecule has 0 radical (unpaired) electrons. The zero-order valence-electron chi connectivity index (χ0n) is 12.7. The maximum Gasteiger partial charge on any atom is 0.163 e. The predicted molar refractivity (Wildman–Crippen MR) is 90.1 cm³/mol. The van der Waals surface area contributed by atoms with Gasteiger partial charge in [0.25, 0.3) is 0 Å². The summed E-state index contributed by atoms with van der Waals surface area (Å²) in [5.74, 6) is 3.10. The highest BCUT2D eigenvalue weighted by atomic mass is 16.6. The summed E-state index contributed by atoms with van der Waals surface area (Å²) in [7, 11) is 0. The van der Waals surface area contributed by atoms with E-state index in [0.29, 0.717) is 13.2 Å². The molecule has 2 aromatic heterocycles. The Morgan fingerprint density at radius 2 is 1.67 bits per heavy atom. The van der Waals surface area contributed by atoms with Gasteiger partial charge in [-0.25, -0.2) is 9.97 Å². The van der Waals surface area contributed by atoms with E-state index < -0.39 is 0 Å². The number of ether oxygens (including phenoxy) is 2. The van der Waals surface area contributed by atoms with Crippen LogP contribution >= 0.6 is 0 Å². The third-order valence-electron chi connectivity index (χ3n) is 4.08. The number of aromatic amines is 2. The first-order valence-corrected chi connectivity index (χ1v) is 7.77. The summed E-state index contributed by atoms with van der Waals surface area (Å²) in [5.41, 5.74) is 3.76. The van der Waals surface area contributed by atoms with Crippen LogP contribution in [0.4, 0.5) is 0 Å². The summed E-state index contributed by atoms with van der Waals surface area (Å²) < 4.78 is 11.3. The van der Waals surface area contributed by atoms with E-state index >= 15 is 0 Å². The normalized spacial score (nSPS) is 13.3. The second-order valence-corrected chi connectivity index (χ2v) is 5.58. The Morgan fingerprint density at radius 3 is 2.42 bits per heavy atom. The zero-order valence-corrected chi connectivity index (χ0v) is 12.7. The van der Waals surface area contributed by atoms with Crippen molar-refractivity contribution in [1.82, 2.24) is 19.9 Å². The fourth-order valence-corrected chi connectivity index (χ4v) is 2.98. The van der Waals surface area contributed by atoms with Crippen LogP contribution in [0.3, 0.4) is 0 Å². The van der Waals surface area contributed by atoms with E-state index in [1.165, 1.54) is 0 Å². The number of fused-ring (bicyclic) bond motifs is 2. The average molecular weight is 318 g/mol. The smallest absolute Gasteiger partial charge is 0.163 e. The number of imidazole rings is 2. The lowest BCUT2D eigenvalue weighted by molar-refractivity contribution is 0.172. The SMILES string of the molecule is c1ccc(-c2nc3cc4c(cc3[nH]2)OCCO4)c(-c2ncc[nH]2)c1. The number of benzene rings is 2. The lowest BCUT2D eigenvalue weighted by atomic mass is 10.1. The lowest BCUT2D eigenvalue weighted by Gasteiger charge is -2.17. The summed E-state index contributed by atoms with van der Waals surface area (Å²) in [6.45, 7) is 1.14. The predicted octanol–water partition coefficient (Wildman–Crippen LogP) is 3.39. The molecule has 0 amide bonds. The van der Waals surface area contributed by atoms with Crippen molar-refractivity contribution in [3.8, 4) is 34.3 Å². The van der Waals surface area contributed by atoms with Crippen molar-refractivity contribution in [3.63, 3.8) is 0 Å². The standard InChI is InChI=1S/C18H14N4O2/c1-2-4-12(11(3-1)17-19-5-6-20-17)18-21-13-9-15-16(10-14(13)22-18)24-8-7-23-15/h1-6,9-10H,7-8H2,(H,19,20)(H,21,22). The van der Waals surface area contributed by atoms with Crippen molar-refractivity contribution < 1.29 is 9.47 Å². The topological polar surface area (TPSA) is 75.8 Å². The van der Waals surface area contributed by atoms with Crippen LogP contribution in [-0.4, -0.2) is 33.1 Å². The molecule has 118 valence electrons. The van der Waals surface area contributed by atoms with Crippen molar-refractivity contribution in [3.05, 3.63) is 48.8 Å². The van der Waals surface area contributed by atoms with Gasteiger partial charge in [0.05, 0.1) is 11.0 Å². The third-order valence-corrected chi connectivity index (χ3v) is 4.08. The van der Waals surface area contributed by atoms with Crippen molar-refractivity contribution in [2.24, 2.45) is 0 Å². The molecule has 3 heterocycles. The van der Waals surface area contributed by atoms with Gasteiger partial charge in [-0.1, -0.05) is 24.3 Å². The van der Waals surface area contributed by atoms with E-state index in [0.717, 1.165) is 45.3 Å². The molecule has 0 saturated carbocycles. The number of nitrogens with zero attached hydrogens (tertiary/aromatic N) is 2. The van der Waals surface area contributed by atoms with E-state index in [2.05, 4.69) is 15.0 Å². The minimum absolute atomic E-state index is 0.567. The van der Waals surface area contributed by atoms with Crippen LogP contribution in [0.15, 0.2) is 48.8 Å². The monoisotopic (exact) mass is 318 g/mol. The van der Waals surface area contributed by atoms with Gasteiger partial charge in [0.1, 0.15) is 24.9 Å². The molecule has 6 heteroatoms. The van der Waals surface area contributed by atoms with Crippen LogP contribution in [0.5, 0.6) is 11.5 Å². The number of nitrogens with one attached hydrogen (secondary N) is 2. The van der Waals surface area contributed by atoms with Gasteiger partial charge in [0.15, 0.2) is 11.5 Å². The maximum atomic E-state index is 5.64. The molecule has 0 saturated heterocycles. The van der Waals surface area contributed by atoms with Gasteiger partial charge in [-0.15, -0.1) is 0 Å². The van der Waals surface area contributed by atoms with Crippen LogP contribution in [0.1, 0.15) is 0 Å². The molecule has 1 aliphatic rings. The highest BCUT2D eigenvalue weighted by Gasteiger charge is 2.17. The van der Waals surface area contributed by atoms with Crippen LogP contribution in [0.25, 0.3) is 33.8 Å². The Hall–Kier alpha value is -3.28. The highest BCUT2D eigenvalue weighted by Crippen LogP contribution is 2.36. The minimum atomic E-state index is 0.567. The quantitative estimate of drug-likeness (QED) is 0.594. The molecule has 2 aromatic carbocycles. The molecule has 0 fully saturated rings. The summed E-state index contributed by atoms with van der Waals surface area (Å²) in [4.78, 5) is 15.6. The molecule has 24 heavy (non-hydrogen) atoms. The fourth-order valence-electron chi connectivity index (χ4n) is 2.98. The fraction of sp³-hybridized carbons (Fsp3) is 0.111. The van der Waals surface area contributed by atoms with Crippen molar-refractivity contribution >= 4 is 11.0 Å². The molecule has 0 bridgehead atoms. The second kappa shape index (κ2) is 5.13. The van der Waals surface area contributed by atoms with Crippen molar-refractivity contribution in [2.75, 3.05) is 13.2 Å². The third kappa shape index (κ3) is 2.04. The van der Waals surface area contributed by atoms with Gasteiger partial charge >= 0.3 is 0 Å². The lowest BCUT2D eigenvalue weighted by Crippen LogP contribution is -2.15. The molecule has 0 aliphatic carbocycles. The first-order valence-electron chi connectivity index (χ1n) is 7.77. The number of hydrogen-bond acceptors (Lipinski definition) is 4. The van der Waals surface area contributed by atoms with E-state index in [1.54, 1.807) is 6.20 Å². The molecule has 5 rings (SSSR count). The first-order chi connectivity index (χ1) is 11.9. The molecule has 0 spiro atoms. The van der Waals surface area contributed by atoms with Crippen LogP contribution < -0.4 is 9.47 Å². The Labute approximate surface area is 137 Å². The minimum Gasteiger partial charge on any atom is -0.486 e. The second-order valence-electron chi connectivity index (χ2n) is 5.58. The van der Waals surface area contributed by atoms with E-state index in [1.807, 2.05) is 42.6 Å². The van der Waals surface area contributed by atoms with Gasteiger partial charge in [0, 0.05) is 35.7 Å². The van der Waals surface area contributed by atoms with Crippen LogP contribution in [0, 0.1) is 0 Å². The summed E-state index contributed by atoms with van der Waals surface area (Å²) >= 11 is 0. The number of aromatic nitrogens is 4. The number of H-pyrrole nitrogens is 2. The Bertz CT molecular complexity index is 978. The van der Waals surface area contributed by atoms with Gasteiger partial charge in [-0.2, -0.15) is 0 Å². The zero-order chi connectivity index (χ0) is 15.9. The molecule has 6 nitrogen and oxygen atoms in total. The summed E-state index contributed by atoms with van der Waals surface area (Å²) in [5, 5.41) is 0. The first kappa shape index (κ1) is 13.2. The molecule has 4 aromatic rings. The van der Waals surface area contributed by atoms with Gasteiger partial charge in [-0.05, 0) is 0 Å². The van der Waals surface area contributed by atoms with Crippen LogP contribution in [-0.2, 0) is 0 Å². The molecule has 1 aliphatic heterocycles. The Kier molecular flexibility index (Phi) is 2.82. The highest BCUT2D eigenvalue weighted by molar-refractivity contribution is 5.86. The molecule has 2 N–H and O–H groups in total. The van der Waals surface area contributed by atoms with Gasteiger partial charge in [0.2, 0.25) is 0 Å². The summed E-state index contributed by atoms with van der Waals surface area (Å²) in [6, 6.07) is 11.9. The van der Waals surface area contributed by atoms with Crippen molar-refractivity contribution in [2.45, 2.75) is 0 Å². The van der Waals surface area contributed by atoms with E-state index in [4.69, 9.17) is 14.5 Å². The number of rotatable bonds is 2. The molecular formula is C18H14N4O2. The average Bonchev–Trinajstić information content (AvgIpc) is 3.29. The van der Waals surface area contributed by atoms with Gasteiger partial charge in [-0.3, -0.25) is 0 Å². The largest absolute Gasteiger partial charge is 0.486 e. The molecular weight excluding hydrogens is 304 g/mol. The van der Waals surface area contributed by atoms with Gasteiger partial charge < -0.3 is 19.4 Å². The molecule has 0 unspecified atom stereocenters. The maximum absolute atomic E-state index is 5.64. The van der Waals surface area contributed by atoms with Crippen molar-refractivity contribution in [1.29, 1.82) is 0 Å². The summed E-state index contributed by atoms with van der Waals surface area (Å²) in [6.07, 6.45) is 3.56. The Balaban J connectivity index is 1.68. The Morgan fingerprint density at radius 1 is 0.917 bits per heavy atom. The van der Waals surface area contributed by atoms with E-state index in [-0.39, 0.29) is 0 Å². The van der Waals surface area contributed by atoms with Crippen LogP contribution in [0.2, 0.25) is 0 Å².